The van der Waals surface area contributed by atoms with Gasteiger partial charge in [-0.1, -0.05) is 66.2 Å². The van der Waals surface area contributed by atoms with Gasteiger partial charge in [-0.3, -0.25) is 0 Å². The fourth-order valence-electron chi connectivity index (χ4n) is 3.55. The summed E-state index contributed by atoms with van der Waals surface area (Å²) in [5.41, 5.74) is 4.19. The Morgan fingerprint density at radius 2 is 1.77 bits per heavy atom. The van der Waals surface area contributed by atoms with E-state index in [0.29, 0.717) is 13.2 Å². The molecule has 0 aliphatic heterocycles. The molecule has 0 spiro atoms. The average molecular weight is 432 g/mol. The SMILES string of the molecule is Cc1ccccc1COc1ccc2ccccc2c1CNc1ccc(C(=O)O)c(Cl)c1. The summed E-state index contributed by atoms with van der Waals surface area (Å²) in [6.07, 6.45) is 0. The molecule has 0 radical (unpaired) electrons. The fourth-order valence-corrected chi connectivity index (χ4v) is 3.81. The first-order valence-electron chi connectivity index (χ1n) is 9.97. The van der Waals surface area contributed by atoms with Crippen molar-refractivity contribution in [3.63, 3.8) is 0 Å². The highest BCUT2D eigenvalue weighted by Crippen LogP contribution is 2.30. The van der Waals surface area contributed by atoms with Crippen LogP contribution in [0.3, 0.4) is 0 Å². The molecule has 0 fully saturated rings. The van der Waals surface area contributed by atoms with E-state index >= 15 is 0 Å². The topological polar surface area (TPSA) is 58.6 Å². The summed E-state index contributed by atoms with van der Waals surface area (Å²) >= 11 is 6.12. The molecule has 0 heterocycles. The molecule has 31 heavy (non-hydrogen) atoms. The van der Waals surface area contributed by atoms with Crippen molar-refractivity contribution in [2.75, 3.05) is 5.32 Å². The molecule has 4 nitrogen and oxygen atoms in total. The summed E-state index contributed by atoms with van der Waals surface area (Å²) in [6, 6.07) is 25.3. The predicted molar refractivity (Wildman–Crippen MR) is 125 cm³/mol. The maximum Gasteiger partial charge on any atom is 0.337 e. The van der Waals surface area contributed by atoms with E-state index in [-0.39, 0.29) is 10.6 Å². The van der Waals surface area contributed by atoms with E-state index in [1.54, 1.807) is 12.1 Å². The second-order valence-electron chi connectivity index (χ2n) is 7.33. The lowest BCUT2D eigenvalue weighted by Gasteiger charge is -2.16. The Hall–Kier alpha value is -3.50. The van der Waals surface area contributed by atoms with Gasteiger partial charge in [-0.15, -0.1) is 0 Å². The number of carboxylic acid groups (broad SMARTS) is 1. The largest absolute Gasteiger partial charge is 0.489 e. The number of aryl methyl sites for hydroxylation is 1. The molecule has 0 aliphatic carbocycles. The van der Waals surface area contributed by atoms with Crippen molar-refractivity contribution < 1.29 is 14.6 Å². The van der Waals surface area contributed by atoms with Gasteiger partial charge in [0.15, 0.2) is 0 Å². The number of nitrogens with one attached hydrogen (secondary N) is 1. The predicted octanol–water partition coefficient (Wildman–Crippen LogP) is 6.69. The summed E-state index contributed by atoms with van der Waals surface area (Å²) in [7, 11) is 0. The molecule has 4 rings (SSSR count). The fraction of sp³-hybridized carbons (Fsp3) is 0.115. The van der Waals surface area contributed by atoms with Gasteiger partial charge in [-0.25, -0.2) is 4.79 Å². The Kier molecular flexibility index (Phi) is 6.10. The molecule has 0 aromatic heterocycles. The summed E-state index contributed by atoms with van der Waals surface area (Å²) in [4.78, 5) is 11.2. The van der Waals surface area contributed by atoms with Crippen molar-refractivity contribution in [2.45, 2.75) is 20.1 Å². The van der Waals surface area contributed by atoms with Crippen LogP contribution in [0.15, 0.2) is 78.9 Å². The summed E-state index contributed by atoms with van der Waals surface area (Å²) < 4.78 is 6.23. The van der Waals surface area contributed by atoms with Gasteiger partial charge in [0, 0.05) is 17.8 Å². The number of rotatable bonds is 7. The van der Waals surface area contributed by atoms with Crippen LogP contribution in [0.1, 0.15) is 27.0 Å². The van der Waals surface area contributed by atoms with Gasteiger partial charge in [0.25, 0.3) is 0 Å². The zero-order chi connectivity index (χ0) is 21.8. The molecule has 0 aliphatic rings. The Bertz CT molecular complexity index is 1250. The normalized spacial score (nSPS) is 10.8. The van der Waals surface area contributed by atoms with Crippen molar-refractivity contribution in [2.24, 2.45) is 0 Å². The van der Waals surface area contributed by atoms with Crippen LogP contribution in [-0.2, 0) is 13.2 Å². The monoisotopic (exact) mass is 431 g/mol. The third kappa shape index (κ3) is 4.65. The maximum atomic E-state index is 11.2. The third-order valence-electron chi connectivity index (χ3n) is 5.31. The third-order valence-corrected chi connectivity index (χ3v) is 5.62. The summed E-state index contributed by atoms with van der Waals surface area (Å²) in [5.74, 6) is -0.236. The van der Waals surface area contributed by atoms with Crippen LogP contribution in [0, 0.1) is 6.92 Å². The Morgan fingerprint density at radius 3 is 2.55 bits per heavy atom. The second-order valence-corrected chi connectivity index (χ2v) is 7.74. The number of halogens is 1. The van der Waals surface area contributed by atoms with Crippen molar-refractivity contribution in [1.29, 1.82) is 0 Å². The first kappa shape index (κ1) is 20.8. The standard InChI is InChI=1S/C26H22ClNO3/c1-17-6-2-3-8-19(17)16-31-25-13-10-18-7-4-5-9-21(18)23(25)15-28-20-11-12-22(26(29)30)24(27)14-20/h2-14,28H,15-16H2,1H3,(H,29,30). The Balaban J connectivity index is 1.62. The van der Waals surface area contributed by atoms with Crippen LogP contribution in [-0.4, -0.2) is 11.1 Å². The number of hydrogen-bond acceptors (Lipinski definition) is 3. The van der Waals surface area contributed by atoms with Crippen molar-refractivity contribution in [3.8, 4) is 5.75 Å². The van der Waals surface area contributed by atoms with Crippen molar-refractivity contribution in [3.05, 3.63) is 106 Å². The van der Waals surface area contributed by atoms with Crippen LogP contribution in [0.2, 0.25) is 5.02 Å². The van der Waals surface area contributed by atoms with Crippen LogP contribution in [0.4, 0.5) is 5.69 Å². The molecule has 2 N–H and O–H groups in total. The minimum Gasteiger partial charge on any atom is -0.489 e. The number of carbonyl (C=O) groups is 1. The minimum atomic E-state index is -1.04. The number of aromatic carboxylic acids is 1. The molecule has 0 saturated carbocycles. The van der Waals surface area contributed by atoms with E-state index in [0.717, 1.165) is 33.3 Å². The van der Waals surface area contributed by atoms with Gasteiger partial charge in [0.1, 0.15) is 12.4 Å². The quantitative estimate of drug-likeness (QED) is 0.342. The number of anilines is 1. The lowest BCUT2D eigenvalue weighted by atomic mass is 10.0. The van der Waals surface area contributed by atoms with Crippen molar-refractivity contribution in [1.82, 2.24) is 0 Å². The zero-order valence-electron chi connectivity index (χ0n) is 17.1. The Labute approximate surface area is 186 Å². The molecule has 0 bridgehead atoms. The number of carboxylic acids is 1. The molecular weight excluding hydrogens is 410 g/mol. The number of hydrogen-bond donors (Lipinski definition) is 2. The summed E-state index contributed by atoms with van der Waals surface area (Å²) in [6.45, 7) is 3.07. The van der Waals surface area contributed by atoms with Crippen molar-refractivity contribution >= 4 is 34.0 Å². The van der Waals surface area contributed by atoms with E-state index in [4.69, 9.17) is 16.3 Å². The van der Waals surface area contributed by atoms with E-state index in [1.165, 1.54) is 11.6 Å². The maximum absolute atomic E-state index is 11.2. The van der Waals surface area contributed by atoms with Gasteiger partial charge in [-0.05, 0) is 53.1 Å². The van der Waals surface area contributed by atoms with E-state index < -0.39 is 5.97 Å². The Morgan fingerprint density at radius 1 is 1.00 bits per heavy atom. The highest BCUT2D eigenvalue weighted by atomic mass is 35.5. The molecule has 5 heteroatoms. The van der Waals surface area contributed by atoms with Gasteiger partial charge in [0.2, 0.25) is 0 Å². The smallest absolute Gasteiger partial charge is 0.337 e. The lowest BCUT2D eigenvalue weighted by Crippen LogP contribution is -2.06. The van der Waals surface area contributed by atoms with Crippen LogP contribution < -0.4 is 10.1 Å². The molecule has 0 amide bonds. The highest BCUT2D eigenvalue weighted by Gasteiger charge is 2.12. The van der Waals surface area contributed by atoms with E-state index in [1.807, 2.05) is 30.3 Å². The lowest BCUT2D eigenvalue weighted by molar-refractivity contribution is 0.0697. The van der Waals surface area contributed by atoms with Crippen LogP contribution in [0.25, 0.3) is 10.8 Å². The van der Waals surface area contributed by atoms with Crippen LogP contribution in [0.5, 0.6) is 5.75 Å². The molecule has 0 atom stereocenters. The first-order chi connectivity index (χ1) is 15.0. The molecule has 4 aromatic carbocycles. The van der Waals surface area contributed by atoms with E-state index in [2.05, 4.69) is 42.6 Å². The van der Waals surface area contributed by atoms with E-state index in [9.17, 15) is 9.90 Å². The highest BCUT2D eigenvalue weighted by molar-refractivity contribution is 6.33. The molecular formula is C26H22ClNO3. The number of benzene rings is 4. The number of fused-ring (bicyclic) bond motifs is 1. The van der Waals surface area contributed by atoms with Crippen LogP contribution >= 0.6 is 11.6 Å². The second kappa shape index (κ2) is 9.11. The van der Waals surface area contributed by atoms with Gasteiger partial charge in [-0.2, -0.15) is 0 Å². The molecule has 156 valence electrons. The van der Waals surface area contributed by atoms with Gasteiger partial charge >= 0.3 is 5.97 Å². The minimum absolute atomic E-state index is 0.0830. The molecule has 4 aromatic rings. The zero-order valence-corrected chi connectivity index (χ0v) is 17.8. The molecule has 0 unspecified atom stereocenters. The summed E-state index contributed by atoms with van der Waals surface area (Å²) in [5, 5.41) is 15.0. The van der Waals surface area contributed by atoms with Gasteiger partial charge < -0.3 is 15.2 Å². The van der Waals surface area contributed by atoms with Gasteiger partial charge in [0.05, 0.1) is 10.6 Å². The molecule has 0 saturated heterocycles. The number of ether oxygens (including phenoxy) is 1. The first-order valence-corrected chi connectivity index (χ1v) is 10.4. The average Bonchev–Trinajstić information content (AvgIpc) is 2.77.